The summed E-state index contributed by atoms with van der Waals surface area (Å²) in [6, 6.07) is 5.07. The quantitative estimate of drug-likeness (QED) is 0.290. The predicted octanol–water partition coefficient (Wildman–Crippen LogP) is 3.01. The predicted molar refractivity (Wildman–Crippen MR) is 150 cm³/mol. The third-order valence-electron chi connectivity index (χ3n) is 7.79. The van der Waals surface area contributed by atoms with Gasteiger partial charge in [-0.05, 0) is 43.4 Å². The highest BCUT2D eigenvalue weighted by Gasteiger charge is 2.40. The van der Waals surface area contributed by atoms with Crippen LogP contribution in [0.25, 0.3) is 0 Å². The van der Waals surface area contributed by atoms with Crippen molar-refractivity contribution in [3.05, 3.63) is 47.3 Å². The summed E-state index contributed by atoms with van der Waals surface area (Å²) in [6.07, 6.45) is -8.20. The number of carbonyl (C=O) groups is 2. The van der Waals surface area contributed by atoms with E-state index in [-0.39, 0.29) is 69.5 Å². The van der Waals surface area contributed by atoms with E-state index in [1.54, 1.807) is 4.90 Å². The van der Waals surface area contributed by atoms with Crippen LogP contribution in [0.3, 0.4) is 0 Å². The standard InChI is InChI=1S/C27H32F6N6O5S/c1-37(14-15-45(42,43)44)24(41)18-7-11-38(12-8-18)21-16-22(36-25(35-21)27(31,32)33)39-13-9-20(39)23(40)34-10-6-17-2-4-19(5-3-17)26(28,29)30/h2-5,16,18,20H,6-15H2,1H3,(H,34,40)(H,42,43,44)/t20-/m0/s1. The van der Waals surface area contributed by atoms with Crippen LogP contribution in [-0.2, 0) is 38.5 Å². The van der Waals surface area contributed by atoms with Gasteiger partial charge in [-0.2, -0.15) is 34.8 Å². The Kier molecular flexibility index (Phi) is 10.2. The Morgan fingerprint density at radius 3 is 2.13 bits per heavy atom. The van der Waals surface area contributed by atoms with Gasteiger partial charge >= 0.3 is 12.4 Å². The van der Waals surface area contributed by atoms with Crippen LogP contribution < -0.4 is 15.1 Å². The largest absolute Gasteiger partial charge is 0.451 e. The number of rotatable bonds is 10. The summed E-state index contributed by atoms with van der Waals surface area (Å²) in [5, 5.41) is 2.68. The normalized spacial score (nSPS) is 18.0. The van der Waals surface area contributed by atoms with Crippen molar-refractivity contribution in [2.24, 2.45) is 5.92 Å². The molecule has 1 aromatic carbocycles. The Labute approximate surface area is 255 Å². The Balaban J connectivity index is 1.38. The van der Waals surface area contributed by atoms with Crippen molar-refractivity contribution < 1.29 is 48.9 Å². The van der Waals surface area contributed by atoms with Crippen molar-refractivity contribution in [1.82, 2.24) is 20.2 Å². The second-order valence-corrected chi connectivity index (χ2v) is 12.5. The van der Waals surface area contributed by atoms with Crippen molar-refractivity contribution in [2.75, 3.05) is 55.3 Å². The van der Waals surface area contributed by atoms with Crippen molar-refractivity contribution >= 4 is 33.6 Å². The first-order valence-electron chi connectivity index (χ1n) is 14.0. The maximum absolute atomic E-state index is 13.8. The fraction of sp³-hybridized carbons (Fsp3) is 0.556. The molecule has 18 heteroatoms. The molecule has 2 amide bonds. The summed E-state index contributed by atoms with van der Waals surface area (Å²) in [4.78, 5) is 37.1. The molecule has 2 saturated heterocycles. The van der Waals surface area contributed by atoms with Gasteiger partial charge in [0.1, 0.15) is 17.7 Å². The van der Waals surface area contributed by atoms with Gasteiger partial charge in [0, 0.05) is 51.8 Å². The molecular formula is C27H32F6N6O5S. The van der Waals surface area contributed by atoms with E-state index in [4.69, 9.17) is 4.55 Å². The van der Waals surface area contributed by atoms with Gasteiger partial charge in [0.15, 0.2) is 0 Å². The number of carbonyl (C=O) groups excluding carboxylic acids is 2. The van der Waals surface area contributed by atoms with Gasteiger partial charge in [-0.25, -0.2) is 9.97 Å². The lowest BCUT2D eigenvalue weighted by Gasteiger charge is -2.41. The van der Waals surface area contributed by atoms with Crippen molar-refractivity contribution in [3.8, 4) is 0 Å². The Bertz CT molecular complexity index is 1480. The van der Waals surface area contributed by atoms with Crippen LogP contribution in [-0.4, -0.2) is 91.2 Å². The first kappa shape index (κ1) is 34.2. The Hall–Kier alpha value is -3.67. The van der Waals surface area contributed by atoms with E-state index in [2.05, 4.69) is 15.3 Å². The zero-order valence-corrected chi connectivity index (χ0v) is 24.9. The second kappa shape index (κ2) is 13.4. The van der Waals surface area contributed by atoms with Gasteiger partial charge in [-0.1, -0.05) is 12.1 Å². The number of amides is 2. The molecule has 0 aliphatic carbocycles. The maximum atomic E-state index is 13.8. The molecule has 0 radical (unpaired) electrons. The molecule has 248 valence electrons. The van der Waals surface area contributed by atoms with E-state index in [0.717, 1.165) is 12.1 Å². The maximum Gasteiger partial charge on any atom is 0.451 e. The number of benzene rings is 1. The number of anilines is 2. The van der Waals surface area contributed by atoms with Gasteiger partial charge < -0.3 is 20.0 Å². The number of hydrogen-bond donors (Lipinski definition) is 2. The number of aromatic nitrogens is 2. The van der Waals surface area contributed by atoms with Gasteiger partial charge in [-0.15, -0.1) is 0 Å². The molecule has 4 rings (SSSR count). The minimum absolute atomic E-state index is 0.0219. The first-order chi connectivity index (χ1) is 20.9. The first-order valence-corrected chi connectivity index (χ1v) is 15.6. The van der Waals surface area contributed by atoms with Crippen LogP contribution >= 0.6 is 0 Å². The zero-order chi connectivity index (χ0) is 33.2. The molecule has 11 nitrogen and oxygen atoms in total. The third-order valence-corrected chi connectivity index (χ3v) is 8.49. The Morgan fingerprint density at radius 2 is 1.60 bits per heavy atom. The molecule has 2 aliphatic heterocycles. The molecule has 2 aliphatic rings. The molecule has 0 bridgehead atoms. The summed E-state index contributed by atoms with van der Waals surface area (Å²) in [6.45, 7) is 0.531. The molecule has 3 heterocycles. The van der Waals surface area contributed by atoms with Crippen LogP contribution in [0.4, 0.5) is 38.0 Å². The van der Waals surface area contributed by atoms with E-state index >= 15 is 0 Å². The molecule has 1 aromatic heterocycles. The van der Waals surface area contributed by atoms with E-state index in [9.17, 15) is 44.3 Å². The number of piperidine rings is 1. The van der Waals surface area contributed by atoms with Gasteiger partial charge in [-0.3, -0.25) is 14.1 Å². The smallest absolute Gasteiger partial charge is 0.356 e. The summed E-state index contributed by atoms with van der Waals surface area (Å²) >= 11 is 0. The number of alkyl halides is 6. The summed E-state index contributed by atoms with van der Waals surface area (Å²) < 4.78 is 111. The minimum Gasteiger partial charge on any atom is -0.356 e. The van der Waals surface area contributed by atoms with E-state index in [1.807, 2.05) is 0 Å². The highest BCUT2D eigenvalue weighted by molar-refractivity contribution is 7.85. The van der Waals surface area contributed by atoms with Crippen LogP contribution in [0.1, 0.15) is 36.2 Å². The SMILES string of the molecule is CN(CCS(=O)(=O)O)C(=O)C1CCN(c2cc(N3CC[C@H]3C(=O)NCCc3ccc(C(F)(F)F)cc3)nc(C(F)(F)F)n2)CC1. The highest BCUT2D eigenvalue weighted by Crippen LogP contribution is 2.34. The van der Waals surface area contributed by atoms with Gasteiger partial charge in [0.2, 0.25) is 17.6 Å². The van der Waals surface area contributed by atoms with Crippen molar-refractivity contribution in [3.63, 3.8) is 0 Å². The molecule has 0 saturated carbocycles. The topological polar surface area (TPSA) is 136 Å². The number of nitrogens with one attached hydrogen (secondary N) is 1. The van der Waals surface area contributed by atoms with Crippen molar-refractivity contribution in [1.29, 1.82) is 0 Å². The van der Waals surface area contributed by atoms with Crippen LogP contribution in [0.2, 0.25) is 0 Å². The van der Waals surface area contributed by atoms with Gasteiger partial charge in [0.05, 0.1) is 11.3 Å². The average molecular weight is 667 g/mol. The van der Waals surface area contributed by atoms with Crippen molar-refractivity contribution in [2.45, 2.75) is 44.1 Å². The Morgan fingerprint density at radius 1 is 0.978 bits per heavy atom. The lowest BCUT2D eigenvalue weighted by atomic mass is 9.95. The zero-order valence-electron chi connectivity index (χ0n) is 24.1. The van der Waals surface area contributed by atoms with E-state index in [0.29, 0.717) is 12.0 Å². The fourth-order valence-corrected chi connectivity index (χ4v) is 5.63. The molecule has 2 aromatic rings. The van der Waals surface area contributed by atoms with E-state index in [1.165, 1.54) is 35.0 Å². The van der Waals surface area contributed by atoms with Crippen LogP contribution in [0, 0.1) is 5.92 Å². The molecule has 2 N–H and O–H groups in total. The third kappa shape index (κ3) is 8.96. The average Bonchev–Trinajstić information content (AvgIpc) is 2.94. The lowest BCUT2D eigenvalue weighted by Crippen LogP contribution is -2.57. The second-order valence-electron chi connectivity index (χ2n) is 10.9. The molecule has 0 spiro atoms. The summed E-state index contributed by atoms with van der Waals surface area (Å²) in [7, 11) is -2.85. The van der Waals surface area contributed by atoms with Crippen LogP contribution in [0.15, 0.2) is 30.3 Å². The summed E-state index contributed by atoms with van der Waals surface area (Å²) in [5.74, 6) is -3.42. The molecule has 0 unspecified atom stereocenters. The number of halogens is 6. The lowest BCUT2D eigenvalue weighted by molar-refractivity contribution is -0.144. The molecule has 1 atom stereocenters. The van der Waals surface area contributed by atoms with Gasteiger partial charge in [0.25, 0.3) is 10.1 Å². The molecule has 45 heavy (non-hydrogen) atoms. The molecule has 2 fully saturated rings. The monoisotopic (exact) mass is 666 g/mol. The minimum atomic E-state index is -4.88. The fourth-order valence-electron chi connectivity index (χ4n) is 5.13. The molecular weight excluding hydrogens is 634 g/mol. The van der Waals surface area contributed by atoms with Crippen LogP contribution in [0.5, 0.6) is 0 Å². The summed E-state index contributed by atoms with van der Waals surface area (Å²) in [5.41, 5.74) is -0.221. The number of hydrogen-bond acceptors (Lipinski definition) is 8. The highest BCUT2D eigenvalue weighted by atomic mass is 32.2. The van der Waals surface area contributed by atoms with E-state index < -0.39 is 57.5 Å². The number of nitrogens with zero attached hydrogens (tertiary/aromatic N) is 5.